The number of likely N-dealkylation sites (N-methyl/N-ethyl adjacent to an activating group) is 1. The summed E-state index contributed by atoms with van der Waals surface area (Å²) in [5, 5.41) is 20.2. The number of nitrogens with one attached hydrogen (secondary N) is 1. The number of benzene rings is 2. The lowest BCUT2D eigenvalue weighted by atomic mass is 10.1. The van der Waals surface area contributed by atoms with Gasteiger partial charge in [0.15, 0.2) is 0 Å². The van der Waals surface area contributed by atoms with E-state index < -0.39 is 0 Å². The predicted octanol–water partition coefficient (Wildman–Crippen LogP) is 4.64. The summed E-state index contributed by atoms with van der Waals surface area (Å²) in [6.07, 6.45) is 0. The zero-order chi connectivity index (χ0) is 22.2. The van der Waals surface area contributed by atoms with Crippen LogP contribution < -0.4 is 9.80 Å². The third kappa shape index (κ3) is 3.78. The maximum atomic E-state index is 10.7. The van der Waals surface area contributed by atoms with Gasteiger partial charge in [-0.2, -0.15) is 0 Å². The Kier molecular flexibility index (Phi) is 5.45. The molecule has 0 aliphatic carbocycles. The molecule has 1 aromatic heterocycles. The quantitative estimate of drug-likeness (QED) is 0.613. The number of aliphatic hydroxyl groups excluding tert-OH is 1. The Morgan fingerprint density at radius 1 is 0.938 bits per heavy atom. The number of rotatable bonds is 4. The molecule has 0 spiro atoms. The number of anilines is 2. The van der Waals surface area contributed by atoms with Crippen LogP contribution in [0, 0.1) is 12.3 Å². The third-order valence-electron chi connectivity index (χ3n) is 6.19. The Balaban J connectivity index is 1.36. The zero-order valence-electron chi connectivity index (χ0n) is 18.4. The summed E-state index contributed by atoms with van der Waals surface area (Å²) in [5.74, 6) is 0.495. The van der Waals surface area contributed by atoms with Gasteiger partial charge in [0.05, 0.1) is 17.8 Å². The normalized spacial score (nSPS) is 17.5. The highest BCUT2D eigenvalue weighted by Gasteiger charge is 2.32. The highest BCUT2D eigenvalue weighted by molar-refractivity contribution is 7.13. The first-order valence-electron chi connectivity index (χ1n) is 10.9. The molecular weight excluding hydrogens is 418 g/mol. The van der Waals surface area contributed by atoms with Gasteiger partial charge in [-0.15, -0.1) is 11.3 Å². The highest BCUT2D eigenvalue weighted by Crippen LogP contribution is 2.37. The average molecular weight is 446 g/mol. The Hall–Kier alpha value is -3.16. The van der Waals surface area contributed by atoms with Crippen LogP contribution in [-0.4, -0.2) is 60.6 Å². The van der Waals surface area contributed by atoms with Gasteiger partial charge < -0.3 is 19.8 Å². The number of amidine groups is 1. The van der Waals surface area contributed by atoms with E-state index in [1.54, 1.807) is 0 Å². The Labute approximate surface area is 192 Å². The Morgan fingerprint density at radius 3 is 2.28 bits per heavy atom. The van der Waals surface area contributed by atoms with Gasteiger partial charge in [0.1, 0.15) is 16.6 Å². The van der Waals surface area contributed by atoms with Crippen molar-refractivity contribution in [3.05, 3.63) is 70.2 Å². The highest BCUT2D eigenvalue weighted by atomic mass is 32.1. The summed E-state index contributed by atoms with van der Waals surface area (Å²) in [5.41, 5.74) is 4.60. The van der Waals surface area contributed by atoms with Crippen LogP contribution in [0.2, 0.25) is 0 Å². The fraction of sp³-hybridized carbons (Fsp3) is 0.280. The molecule has 164 valence electrons. The number of piperazine rings is 1. The van der Waals surface area contributed by atoms with Gasteiger partial charge in [-0.05, 0) is 38.2 Å². The molecular formula is C25H27N5OS. The molecule has 0 saturated carbocycles. The van der Waals surface area contributed by atoms with Crippen LogP contribution in [0.3, 0.4) is 0 Å². The standard InChI is InChI=1S/C25H27N5OS/c1-17-23(18-6-4-3-5-7-18)27-25(32-17)22-21(31)16-30(24(22)26)20-10-8-19(9-11-20)29-14-12-28(2)13-15-29/h3-11,26,31H,12-16H2,1-2H3. The number of hydrogen-bond acceptors (Lipinski definition) is 6. The maximum absolute atomic E-state index is 10.7. The fourth-order valence-corrected chi connectivity index (χ4v) is 5.30. The monoisotopic (exact) mass is 445 g/mol. The number of aryl methyl sites for hydroxylation is 1. The van der Waals surface area contributed by atoms with Crippen LogP contribution in [0.15, 0.2) is 60.4 Å². The van der Waals surface area contributed by atoms with Crippen LogP contribution in [-0.2, 0) is 0 Å². The molecule has 32 heavy (non-hydrogen) atoms. The van der Waals surface area contributed by atoms with Crippen LogP contribution in [0.25, 0.3) is 16.8 Å². The van der Waals surface area contributed by atoms with Gasteiger partial charge in [0.25, 0.3) is 0 Å². The molecule has 2 aliphatic heterocycles. The molecule has 0 atom stereocenters. The SMILES string of the molecule is Cc1sc(C2=C(O)CN(c3ccc(N4CCN(C)CC4)cc3)C2=N)nc1-c1ccccc1. The van der Waals surface area contributed by atoms with Gasteiger partial charge in [-0.25, -0.2) is 4.98 Å². The molecule has 0 unspecified atom stereocenters. The van der Waals surface area contributed by atoms with E-state index in [9.17, 15) is 5.11 Å². The second-order valence-corrected chi connectivity index (χ2v) is 9.56. The first-order chi connectivity index (χ1) is 15.5. The van der Waals surface area contributed by atoms with E-state index in [0.29, 0.717) is 23.0 Å². The van der Waals surface area contributed by atoms with Crippen molar-refractivity contribution < 1.29 is 5.11 Å². The lowest BCUT2D eigenvalue weighted by Gasteiger charge is -2.34. The van der Waals surface area contributed by atoms with Crippen molar-refractivity contribution in [3.8, 4) is 11.3 Å². The zero-order valence-corrected chi connectivity index (χ0v) is 19.2. The number of thiazole rings is 1. The largest absolute Gasteiger partial charge is 0.510 e. The van der Waals surface area contributed by atoms with Gasteiger partial charge >= 0.3 is 0 Å². The van der Waals surface area contributed by atoms with Gasteiger partial charge in [0.2, 0.25) is 0 Å². The third-order valence-corrected chi connectivity index (χ3v) is 7.18. The first-order valence-corrected chi connectivity index (χ1v) is 11.7. The van der Waals surface area contributed by atoms with Crippen molar-refractivity contribution in [2.24, 2.45) is 0 Å². The van der Waals surface area contributed by atoms with Gasteiger partial charge in [-0.1, -0.05) is 30.3 Å². The fourth-order valence-electron chi connectivity index (χ4n) is 4.30. The second kappa shape index (κ2) is 8.41. The topological polar surface area (TPSA) is 66.7 Å². The first kappa shape index (κ1) is 20.7. The van der Waals surface area contributed by atoms with E-state index >= 15 is 0 Å². The van der Waals surface area contributed by atoms with Crippen LogP contribution in [0.4, 0.5) is 11.4 Å². The maximum Gasteiger partial charge on any atom is 0.139 e. The molecule has 5 rings (SSSR count). The van der Waals surface area contributed by atoms with Crippen LogP contribution in [0.5, 0.6) is 0 Å². The van der Waals surface area contributed by atoms with E-state index in [0.717, 1.165) is 48.0 Å². The number of nitrogens with zero attached hydrogens (tertiary/aromatic N) is 4. The van der Waals surface area contributed by atoms with E-state index in [2.05, 4.69) is 29.0 Å². The van der Waals surface area contributed by atoms with Crippen LogP contribution in [0.1, 0.15) is 9.88 Å². The van der Waals surface area contributed by atoms with Crippen molar-refractivity contribution in [2.75, 3.05) is 49.6 Å². The van der Waals surface area contributed by atoms with E-state index in [1.807, 2.05) is 54.3 Å². The van der Waals surface area contributed by atoms with Crippen molar-refractivity contribution in [2.45, 2.75) is 6.92 Å². The van der Waals surface area contributed by atoms with Crippen molar-refractivity contribution in [1.29, 1.82) is 5.41 Å². The number of aliphatic hydroxyl groups is 1. The minimum Gasteiger partial charge on any atom is -0.510 e. The minimum absolute atomic E-state index is 0.200. The summed E-state index contributed by atoms with van der Waals surface area (Å²) in [7, 11) is 2.16. The molecule has 0 bridgehead atoms. The number of hydrogen-bond donors (Lipinski definition) is 2. The summed E-state index contributed by atoms with van der Waals surface area (Å²) < 4.78 is 0. The summed E-state index contributed by atoms with van der Waals surface area (Å²) in [6, 6.07) is 18.4. The Morgan fingerprint density at radius 2 is 1.59 bits per heavy atom. The van der Waals surface area contributed by atoms with Gasteiger partial charge in [0, 0.05) is 48.0 Å². The lowest BCUT2D eigenvalue weighted by molar-refractivity contribution is 0.313. The molecule has 3 aromatic rings. The van der Waals surface area contributed by atoms with E-state index in [-0.39, 0.29) is 5.76 Å². The smallest absolute Gasteiger partial charge is 0.139 e. The molecule has 7 heteroatoms. The van der Waals surface area contributed by atoms with Crippen LogP contribution >= 0.6 is 11.3 Å². The van der Waals surface area contributed by atoms with Crippen molar-refractivity contribution >= 4 is 34.1 Å². The molecule has 2 aromatic carbocycles. The molecule has 1 fully saturated rings. The van der Waals surface area contributed by atoms with Gasteiger partial charge in [-0.3, -0.25) is 5.41 Å². The number of aromatic nitrogens is 1. The molecule has 0 radical (unpaired) electrons. The molecule has 2 aliphatic rings. The molecule has 3 heterocycles. The summed E-state index contributed by atoms with van der Waals surface area (Å²) >= 11 is 1.53. The predicted molar refractivity (Wildman–Crippen MR) is 133 cm³/mol. The van der Waals surface area contributed by atoms with E-state index in [1.165, 1.54) is 17.0 Å². The molecule has 6 nitrogen and oxygen atoms in total. The summed E-state index contributed by atoms with van der Waals surface area (Å²) in [6.45, 7) is 6.51. The summed E-state index contributed by atoms with van der Waals surface area (Å²) in [4.78, 5) is 12.5. The van der Waals surface area contributed by atoms with E-state index in [4.69, 9.17) is 10.4 Å². The second-order valence-electron chi connectivity index (χ2n) is 8.35. The Bertz CT molecular complexity index is 1160. The molecule has 0 amide bonds. The van der Waals surface area contributed by atoms with Crippen molar-refractivity contribution in [3.63, 3.8) is 0 Å². The molecule has 2 N–H and O–H groups in total. The average Bonchev–Trinajstić information content (AvgIpc) is 3.33. The lowest BCUT2D eigenvalue weighted by Crippen LogP contribution is -2.44. The molecule has 1 saturated heterocycles. The van der Waals surface area contributed by atoms with Crippen molar-refractivity contribution in [1.82, 2.24) is 9.88 Å². The minimum atomic E-state index is 0.200.